The van der Waals surface area contributed by atoms with Crippen molar-refractivity contribution in [3.05, 3.63) is 65.5 Å². The Hall–Kier alpha value is -2.50. The molecule has 1 amide bonds. The van der Waals surface area contributed by atoms with Gasteiger partial charge in [-0.25, -0.2) is 13.2 Å². The summed E-state index contributed by atoms with van der Waals surface area (Å²) in [5.41, 5.74) is 0.434. The SMILES string of the molecule is O=C(COc1ccc(F)cc1)NCc1ccc(F)c(F)c1. The van der Waals surface area contributed by atoms with Crippen molar-refractivity contribution in [2.45, 2.75) is 6.54 Å². The lowest BCUT2D eigenvalue weighted by atomic mass is 10.2. The van der Waals surface area contributed by atoms with E-state index in [0.29, 0.717) is 11.3 Å². The monoisotopic (exact) mass is 295 g/mol. The van der Waals surface area contributed by atoms with Crippen molar-refractivity contribution in [2.24, 2.45) is 0 Å². The Morgan fingerprint density at radius 3 is 2.38 bits per heavy atom. The second-order valence-corrected chi connectivity index (χ2v) is 4.27. The van der Waals surface area contributed by atoms with Gasteiger partial charge in [0.25, 0.3) is 5.91 Å². The molecule has 0 saturated carbocycles. The summed E-state index contributed by atoms with van der Waals surface area (Å²) < 4.78 is 43.5. The van der Waals surface area contributed by atoms with Crippen LogP contribution in [0.25, 0.3) is 0 Å². The zero-order chi connectivity index (χ0) is 15.2. The smallest absolute Gasteiger partial charge is 0.258 e. The molecule has 0 fully saturated rings. The minimum atomic E-state index is -0.968. The molecule has 0 aliphatic heterocycles. The lowest BCUT2D eigenvalue weighted by Crippen LogP contribution is -2.28. The molecule has 2 aromatic carbocycles. The molecule has 0 saturated heterocycles. The number of hydrogen-bond donors (Lipinski definition) is 1. The molecule has 0 heterocycles. The molecule has 0 unspecified atom stereocenters. The summed E-state index contributed by atoms with van der Waals surface area (Å²) in [6.07, 6.45) is 0. The van der Waals surface area contributed by atoms with Crippen molar-refractivity contribution in [1.29, 1.82) is 0 Å². The summed E-state index contributed by atoms with van der Waals surface area (Å²) >= 11 is 0. The molecule has 21 heavy (non-hydrogen) atoms. The molecule has 6 heteroatoms. The topological polar surface area (TPSA) is 38.3 Å². The van der Waals surface area contributed by atoms with Crippen LogP contribution in [0, 0.1) is 17.5 Å². The van der Waals surface area contributed by atoms with Crippen LogP contribution in [0.3, 0.4) is 0 Å². The molecule has 110 valence electrons. The molecule has 1 N–H and O–H groups in total. The minimum absolute atomic E-state index is 0.0583. The summed E-state index contributed by atoms with van der Waals surface area (Å²) in [4.78, 5) is 11.5. The fraction of sp³-hybridized carbons (Fsp3) is 0.133. The number of amides is 1. The number of ether oxygens (including phenoxy) is 1. The van der Waals surface area contributed by atoms with Gasteiger partial charge in [-0.05, 0) is 42.0 Å². The van der Waals surface area contributed by atoms with Gasteiger partial charge >= 0.3 is 0 Å². The predicted octanol–water partition coefficient (Wildman–Crippen LogP) is 2.80. The minimum Gasteiger partial charge on any atom is -0.484 e. The Morgan fingerprint density at radius 2 is 1.71 bits per heavy atom. The third-order valence-corrected chi connectivity index (χ3v) is 2.66. The summed E-state index contributed by atoms with van der Waals surface area (Å²) in [6, 6.07) is 8.61. The van der Waals surface area contributed by atoms with Gasteiger partial charge in [0, 0.05) is 6.54 Å². The van der Waals surface area contributed by atoms with E-state index < -0.39 is 23.4 Å². The maximum atomic E-state index is 13.0. The first-order valence-electron chi connectivity index (χ1n) is 6.13. The molecule has 0 radical (unpaired) electrons. The highest BCUT2D eigenvalue weighted by molar-refractivity contribution is 5.77. The van der Waals surface area contributed by atoms with Crippen molar-refractivity contribution in [3.63, 3.8) is 0 Å². The average Bonchev–Trinajstić information content (AvgIpc) is 2.48. The Bertz CT molecular complexity index is 629. The quantitative estimate of drug-likeness (QED) is 0.921. The van der Waals surface area contributed by atoms with Gasteiger partial charge in [0.2, 0.25) is 0 Å². The van der Waals surface area contributed by atoms with Crippen molar-refractivity contribution in [3.8, 4) is 5.75 Å². The van der Waals surface area contributed by atoms with E-state index in [9.17, 15) is 18.0 Å². The molecular formula is C15H12F3NO2. The normalized spacial score (nSPS) is 10.2. The summed E-state index contributed by atoms with van der Waals surface area (Å²) in [5, 5.41) is 2.50. The molecule has 0 bridgehead atoms. The molecule has 2 aromatic rings. The van der Waals surface area contributed by atoms with Crippen LogP contribution in [-0.4, -0.2) is 12.5 Å². The first-order chi connectivity index (χ1) is 10.0. The van der Waals surface area contributed by atoms with Crippen LogP contribution < -0.4 is 10.1 Å². The number of benzene rings is 2. The fourth-order valence-corrected chi connectivity index (χ4v) is 1.58. The summed E-state index contributed by atoms with van der Waals surface area (Å²) in [5.74, 6) is -2.37. The molecule has 3 nitrogen and oxygen atoms in total. The van der Waals surface area contributed by atoms with E-state index in [1.54, 1.807) is 0 Å². The third kappa shape index (κ3) is 4.52. The van der Waals surface area contributed by atoms with E-state index in [2.05, 4.69) is 5.32 Å². The molecule has 0 aliphatic rings. The van der Waals surface area contributed by atoms with Gasteiger partial charge in [0.15, 0.2) is 18.2 Å². The van der Waals surface area contributed by atoms with Gasteiger partial charge in [-0.3, -0.25) is 4.79 Å². The van der Waals surface area contributed by atoms with Gasteiger partial charge in [-0.2, -0.15) is 0 Å². The summed E-state index contributed by atoms with van der Waals surface area (Å²) in [7, 11) is 0. The fourth-order valence-electron chi connectivity index (χ4n) is 1.58. The van der Waals surface area contributed by atoms with Gasteiger partial charge in [-0.15, -0.1) is 0 Å². The van der Waals surface area contributed by atoms with E-state index >= 15 is 0 Å². The Morgan fingerprint density at radius 1 is 1.00 bits per heavy atom. The van der Waals surface area contributed by atoms with Crippen LogP contribution in [0.5, 0.6) is 5.75 Å². The lowest BCUT2D eigenvalue weighted by molar-refractivity contribution is -0.123. The highest BCUT2D eigenvalue weighted by atomic mass is 19.2. The molecule has 0 spiro atoms. The van der Waals surface area contributed by atoms with Crippen LogP contribution >= 0.6 is 0 Å². The van der Waals surface area contributed by atoms with Gasteiger partial charge in [0.1, 0.15) is 11.6 Å². The highest BCUT2D eigenvalue weighted by Gasteiger charge is 2.05. The maximum absolute atomic E-state index is 13.0. The van der Waals surface area contributed by atoms with E-state index in [0.717, 1.165) is 12.1 Å². The van der Waals surface area contributed by atoms with Crippen LogP contribution in [0.1, 0.15) is 5.56 Å². The zero-order valence-electron chi connectivity index (χ0n) is 10.9. The van der Waals surface area contributed by atoms with Crippen LogP contribution in [0.4, 0.5) is 13.2 Å². The molecule has 0 aliphatic carbocycles. The Kier molecular flexibility index (Phi) is 4.81. The van der Waals surface area contributed by atoms with Crippen LogP contribution in [0.15, 0.2) is 42.5 Å². The van der Waals surface area contributed by atoms with Crippen LogP contribution in [0.2, 0.25) is 0 Å². The van der Waals surface area contributed by atoms with Crippen molar-refractivity contribution in [1.82, 2.24) is 5.32 Å². The second-order valence-electron chi connectivity index (χ2n) is 4.27. The average molecular weight is 295 g/mol. The lowest BCUT2D eigenvalue weighted by Gasteiger charge is -2.08. The van der Waals surface area contributed by atoms with E-state index in [1.807, 2.05) is 0 Å². The number of rotatable bonds is 5. The standard InChI is InChI=1S/C15H12F3NO2/c16-11-2-4-12(5-3-11)21-9-15(20)19-8-10-1-6-13(17)14(18)7-10/h1-7H,8-9H2,(H,19,20). The van der Waals surface area contributed by atoms with E-state index in [1.165, 1.54) is 30.3 Å². The van der Waals surface area contributed by atoms with Crippen LogP contribution in [-0.2, 0) is 11.3 Å². The summed E-state index contributed by atoms with van der Waals surface area (Å²) in [6.45, 7) is -0.196. The van der Waals surface area contributed by atoms with Crippen molar-refractivity contribution >= 4 is 5.91 Å². The van der Waals surface area contributed by atoms with E-state index in [-0.39, 0.29) is 13.2 Å². The maximum Gasteiger partial charge on any atom is 0.258 e. The zero-order valence-corrected chi connectivity index (χ0v) is 10.9. The van der Waals surface area contributed by atoms with Gasteiger partial charge in [-0.1, -0.05) is 6.07 Å². The first-order valence-corrected chi connectivity index (χ1v) is 6.13. The molecule has 0 aromatic heterocycles. The second kappa shape index (κ2) is 6.78. The third-order valence-electron chi connectivity index (χ3n) is 2.66. The van der Waals surface area contributed by atoms with Crippen molar-refractivity contribution in [2.75, 3.05) is 6.61 Å². The van der Waals surface area contributed by atoms with Crippen molar-refractivity contribution < 1.29 is 22.7 Å². The number of nitrogens with one attached hydrogen (secondary N) is 1. The number of carbonyl (C=O) groups excluding carboxylic acids is 1. The largest absolute Gasteiger partial charge is 0.484 e. The van der Waals surface area contributed by atoms with Gasteiger partial charge in [0.05, 0.1) is 0 Å². The number of hydrogen-bond acceptors (Lipinski definition) is 2. The number of carbonyl (C=O) groups is 1. The predicted molar refractivity (Wildman–Crippen MR) is 70.1 cm³/mol. The molecule has 2 rings (SSSR count). The van der Waals surface area contributed by atoms with E-state index in [4.69, 9.17) is 4.74 Å². The highest BCUT2D eigenvalue weighted by Crippen LogP contribution is 2.11. The van der Waals surface area contributed by atoms with Gasteiger partial charge < -0.3 is 10.1 Å². The molecule has 0 atom stereocenters. The molecular weight excluding hydrogens is 283 g/mol. The Labute approximate surface area is 119 Å². The first kappa shape index (κ1) is 14.9. The number of halogens is 3. The Balaban J connectivity index is 1.79.